The highest BCUT2D eigenvalue weighted by Gasteiger charge is 2.06. The SMILES string of the molecule is Cc1cc2nc3[nH]c(=O)c(O)cc3cc2cc1O. The molecule has 5 nitrogen and oxygen atoms in total. The molecule has 5 heteroatoms. The molecule has 90 valence electrons. The molecule has 0 spiro atoms. The van der Waals surface area contributed by atoms with Crippen molar-refractivity contribution in [3.63, 3.8) is 0 Å². The van der Waals surface area contributed by atoms with E-state index in [2.05, 4.69) is 9.97 Å². The molecule has 0 fully saturated rings. The molecule has 18 heavy (non-hydrogen) atoms. The van der Waals surface area contributed by atoms with Gasteiger partial charge in [0.1, 0.15) is 11.4 Å². The average Bonchev–Trinajstić information content (AvgIpc) is 2.31. The molecule has 3 N–H and O–H groups in total. The van der Waals surface area contributed by atoms with Gasteiger partial charge in [-0.3, -0.25) is 4.79 Å². The number of nitrogens with zero attached hydrogens (tertiary/aromatic N) is 1. The second-order valence-electron chi connectivity index (χ2n) is 4.24. The molecule has 3 aromatic rings. The van der Waals surface area contributed by atoms with Crippen LogP contribution in [-0.2, 0) is 0 Å². The Morgan fingerprint density at radius 2 is 1.78 bits per heavy atom. The van der Waals surface area contributed by atoms with Gasteiger partial charge in [-0.15, -0.1) is 0 Å². The van der Waals surface area contributed by atoms with E-state index in [4.69, 9.17) is 0 Å². The zero-order valence-corrected chi connectivity index (χ0v) is 9.56. The van der Waals surface area contributed by atoms with E-state index in [1.54, 1.807) is 25.1 Å². The number of fused-ring (bicyclic) bond motifs is 2. The van der Waals surface area contributed by atoms with Crippen LogP contribution in [0.1, 0.15) is 5.56 Å². The maximum atomic E-state index is 11.3. The van der Waals surface area contributed by atoms with Crippen LogP contribution in [0.2, 0.25) is 0 Å². The van der Waals surface area contributed by atoms with Crippen molar-refractivity contribution < 1.29 is 10.2 Å². The second kappa shape index (κ2) is 3.46. The van der Waals surface area contributed by atoms with Gasteiger partial charge in [0.25, 0.3) is 5.56 Å². The van der Waals surface area contributed by atoms with Crippen molar-refractivity contribution in [1.82, 2.24) is 9.97 Å². The summed E-state index contributed by atoms with van der Waals surface area (Å²) >= 11 is 0. The minimum Gasteiger partial charge on any atom is -0.508 e. The molecule has 0 saturated heterocycles. The van der Waals surface area contributed by atoms with Gasteiger partial charge < -0.3 is 15.2 Å². The number of hydrogen-bond acceptors (Lipinski definition) is 4. The quantitative estimate of drug-likeness (QED) is 0.524. The Labute approximate surface area is 101 Å². The molecule has 3 rings (SSSR count). The number of phenolic OH excluding ortho intramolecular Hbond substituents is 1. The Hall–Kier alpha value is -2.56. The van der Waals surface area contributed by atoms with Gasteiger partial charge in [-0.25, -0.2) is 4.98 Å². The third kappa shape index (κ3) is 1.48. The summed E-state index contributed by atoms with van der Waals surface area (Å²) in [6.07, 6.45) is 0. The minimum absolute atomic E-state index is 0.192. The summed E-state index contributed by atoms with van der Waals surface area (Å²) in [4.78, 5) is 18.1. The molecular weight excluding hydrogens is 232 g/mol. The van der Waals surface area contributed by atoms with Gasteiger partial charge in [0.15, 0.2) is 5.75 Å². The molecule has 0 aliphatic carbocycles. The van der Waals surface area contributed by atoms with Gasteiger partial charge in [0.05, 0.1) is 5.52 Å². The lowest BCUT2D eigenvalue weighted by Gasteiger charge is -2.04. The van der Waals surface area contributed by atoms with E-state index in [1.165, 1.54) is 6.07 Å². The maximum absolute atomic E-state index is 11.3. The lowest BCUT2D eigenvalue weighted by Crippen LogP contribution is -2.05. The first-order chi connectivity index (χ1) is 8.54. The normalized spacial score (nSPS) is 11.2. The number of aromatic nitrogens is 2. The van der Waals surface area contributed by atoms with Gasteiger partial charge in [-0.1, -0.05) is 0 Å². The van der Waals surface area contributed by atoms with E-state index < -0.39 is 5.56 Å². The number of nitrogens with one attached hydrogen (secondary N) is 1. The van der Waals surface area contributed by atoms with Gasteiger partial charge in [0, 0.05) is 10.8 Å². The number of aryl methyl sites for hydroxylation is 1. The van der Waals surface area contributed by atoms with Crippen LogP contribution in [0.5, 0.6) is 11.5 Å². The van der Waals surface area contributed by atoms with Crippen LogP contribution in [0.4, 0.5) is 0 Å². The molecule has 0 bridgehead atoms. The Bertz CT molecular complexity index is 837. The van der Waals surface area contributed by atoms with Crippen LogP contribution in [-0.4, -0.2) is 20.2 Å². The fraction of sp³-hybridized carbons (Fsp3) is 0.0769. The molecule has 0 saturated carbocycles. The molecular formula is C13H10N2O3. The Morgan fingerprint density at radius 1 is 1.06 bits per heavy atom. The Morgan fingerprint density at radius 3 is 2.56 bits per heavy atom. The number of phenols is 1. The zero-order valence-electron chi connectivity index (χ0n) is 9.56. The van der Waals surface area contributed by atoms with Crippen molar-refractivity contribution in [3.8, 4) is 11.5 Å². The van der Waals surface area contributed by atoms with E-state index in [9.17, 15) is 15.0 Å². The van der Waals surface area contributed by atoms with Crippen LogP contribution >= 0.6 is 0 Å². The second-order valence-corrected chi connectivity index (χ2v) is 4.24. The van der Waals surface area contributed by atoms with Crippen molar-refractivity contribution >= 4 is 21.9 Å². The number of aromatic amines is 1. The van der Waals surface area contributed by atoms with Gasteiger partial charge in [0.2, 0.25) is 0 Å². The van der Waals surface area contributed by atoms with Crippen LogP contribution in [0.15, 0.2) is 29.1 Å². The van der Waals surface area contributed by atoms with E-state index in [0.717, 1.165) is 10.9 Å². The first-order valence-electron chi connectivity index (χ1n) is 5.41. The summed E-state index contributed by atoms with van der Waals surface area (Å²) in [6.45, 7) is 1.78. The Balaban J connectivity index is 2.47. The molecule has 0 radical (unpaired) electrons. The highest BCUT2D eigenvalue weighted by atomic mass is 16.3. The maximum Gasteiger partial charge on any atom is 0.291 e. The third-order valence-corrected chi connectivity index (χ3v) is 2.92. The summed E-state index contributed by atoms with van der Waals surface area (Å²) in [6, 6.07) is 6.47. The number of benzene rings is 1. The smallest absolute Gasteiger partial charge is 0.291 e. The molecule has 0 amide bonds. The van der Waals surface area contributed by atoms with Gasteiger partial charge in [-0.2, -0.15) is 0 Å². The standard InChI is InChI=1S/C13H10N2O3/c1-6-2-9-7(4-10(6)16)3-8-5-11(17)13(18)15-12(8)14-9/h2-5,16-17H,1H3,(H,14,15,18). The number of aromatic hydroxyl groups is 2. The minimum atomic E-state index is -0.565. The molecule has 1 aromatic carbocycles. The predicted octanol–water partition coefficient (Wildman–Crippen LogP) is 1.80. The third-order valence-electron chi connectivity index (χ3n) is 2.92. The van der Waals surface area contributed by atoms with E-state index in [-0.39, 0.29) is 11.5 Å². The fourth-order valence-corrected chi connectivity index (χ4v) is 1.93. The molecule has 2 aromatic heterocycles. The first-order valence-corrected chi connectivity index (χ1v) is 5.41. The molecule has 0 aliphatic rings. The fourth-order valence-electron chi connectivity index (χ4n) is 1.93. The summed E-state index contributed by atoms with van der Waals surface area (Å²) in [7, 11) is 0. The highest BCUT2D eigenvalue weighted by Crippen LogP contribution is 2.25. The average molecular weight is 242 g/mol. The topological polar surface area (TPSA) is 86.2 Å². The van der Waals surface area contributed by atoms with Crippen LogP contribution < -0.4 is 5.56 Å². The van der Waals surface area contributed by atoms with Crippen molar-refractivity contribution in [3.05, 3.63) is 40.2 Å². The monoisotopic (exact) mass is 242 g/mol. The number of pyridine rings is 2. The van der Waals surface area contributed by atoms with Crippen LogP contribution in [0.3, 0.4) is 0 Å². The summed E-state index contributed by atoms with van der Waals surface area (Å²) in [5.74, 6) is -0.155. The number of rotatable bonds is 0. The highest BCUT2D eigenvalue weighted by molar-refractivity contribution is 5.92. The van der Waals surface area contributed by atoms with Crippen molar-refractivity contribution in [2.24, 2.45) is 0 Å². The van der Waals surface area contributed by atoms with Crippen LogP contribution in [0, 0.1) is 6.92 Å². The lowest BCUT2D eigenvalue weighted by atomic mass is 10.1. The first kappa shape index (κ1) is 10.6. The number of H-pyrrole nitrogens is 1. The van der Waals surface area contributed by atoms with E-state index >= 15 is 0 Å². The zero-order chi connectivity index (χ0) is 12.9. The van der Waals surface area contributed by atoms with Crippen molar-refractivity contribution in [2.75, 3.05) is 0 Å². The van der Waals surface area contributed by atoms with Gasteiger partial charge in [-0.05, 0) is 36.8 Å². The van der Waals surface area contributed by atoms with E-state index in [0.29, 0.717) is 16.6 Å². The van der Waals surface area contributed by atoms with Crippen molar-refractivity contribution in [1.29, 1.82) is 0 Å². The largest absolute Gasteiger partial charge is 0.508 e. The van der Waals surface area contributed by atoms with E-state index in [1.807, 2.05) is 0 Å². The summed E-state index contributed by atoms with van der Waals surface area (Å²) in [5.41, 5.74) is 1.25. The molecule has 0 unspecified atom stereocenters. The predicted molar refractivity (Wildman–Crippen MR) is 67.9 cm³/mol. The molecule has 2 heterocycles. The number of hydrogen-bond donors (Lipinski definition) is 3. The van der Waals surface area contributed by atoms with Gasteiger partial charge >= 0.3 is 0 Å². The summed E-state index contributed by atoms with van der Waals surface area (Å²) < 4.78 is 0. The summed E-state index contributed by atoms with van der Waals surface area (Å²) in [5, 5.41) is 20.4. The lowest BCUT2D eigenvalue weighted by molar-refractivity contribution is 0.468. The molecule has 0 atom stereocenters. The Kier molecular flexibility index (Phi) is 2.04. The van der Waals surface area contributed by atoms with Crippen LogP contribution in [0.25, 0.3) is 21.9 Å². The molecule has 0 aliphatic heterocycles. The van der Waals surface area contributed by atoms with Crippen molar-refractivity contribution in [2.45, 2.75) is 6.92 Å².